The van der Waals surface area contributed by atoms with Crippen LogP contribution in [0.15, 0.2) is 78.2 Å². The number of rotatable bonds is 10. The molecule has 0 saturated heterocycles. The molecular formula is C26H31NO2S. The Morgan fingerprint density at radius 3 is 2.10 bits per heavy atom. The second-order valence-electron chi connectivity index (χ2n) is 8.13. The third-order valence-electron chi connectivity index (χ3n) is 5.95. The zero-order valence-electron chi connectivity index (χ0n) is 17.3. The van der Waals surface area contributed by atoms with Crippen molar-refractivity contribution in [3.05, 3.63) is 94.2 Å². The van der Waals surface area contributed by atoms with Gasteiger partial charge in [-0.05, 0) is 41.3 Å². The summed E-state index contributed by atoms with van der Waals surface area (Å²) in [6.07, 6.45) is 4.44. The maximum absolute atomic E-state index is 10.7. The van der Waals surface area contributed by atoms with Gasteiger partial charge in [-0.25, -0.2) is 0 Å². The maximum atomic E-state index is 10.7. The Hall–Kier alpha value is -1.98. The van der Waals surface area contributed by atoms with Crippen LogP contribution in [0.2, 0.25) is 0 Å². The van der Waals surface area contributed by atoms with E-state index < -0.39 is 6.10 Å². The predicted molar refractivity (Wildman–Crippen MR) is 124 cm³/mol. The SMILES string of the molecule is OC(CNC(c1cccs1)C1CCCC1)COC(c1ccccc1)c1ccccc1. The first-order valence-corrected chi connectivity index (χ1v) is 11.9. The summed E-state index contributed by atoms with van der Waals surface area (Å²) in [5.74, 6) is 0.665. The van der Waals surface area contributed by atoms with Crippen molar-refractivity contribution < 1.29 is 9.84 Å². The zero-order chi connectivity index (χ0) is 20.6. The second kappa shape index (κ2) is 10.9. The number of benzene rings is 2. The molecule has 3 nitrogen and oxygen atoms in total. The molecule has 2 atom stereocenters. The molecule has 2 N–H and O–H groups in total. The molecule has 3 aromatic rings. The van der Waals surface area contributed by atoms with Gasteiger partial charge in [-0.15, -0.1) is 11.3 Å². The van der Waals surface area contributed by atoms with E-state index in [1.54, 1.807) is 11.3 Å². The van der Waals surface area contributed by atoms with Gasteiger partial charge in [-0.3, -0.25) is 0 Å². The monoisotopic (exact) mass is 421 g/mol. The highest BCUT2D eigenvalue weighted by Gasteiger charge is 2.27. The second-order valence-corrected chi connectivity index (χ2v) is 9.11. The average Bonchev–Trinajstić information content (AvgIpc) is 3.51. The van der Waals surface area contributed by atoms with Gasteiger partial charge in [0.15, 0.2) is 0 Å². The lowest BCUT2D eigenvalue weighted by Crippen LogP contribution is -2.35. The number of hydrogen-bond acceptors (Lipinski definition) is 4. The molecule has 1 saturated carbocycles. The minimum atomic E-state index is -0.552. The van der Waals surface area contributed by atoms with Gasteiger partial charge in [0.1, 0.15) is 6.10 Å². The third-order valence-corrected chi connectivity index (χ3v) is 6.91. The summed E-state index contributed by atoms with van der Waals surface area (Å²) in [7, 11) is 0. The number of nitrogens with one attached hydrogen (secondary N) is 1. The summed E-state index contributed by atoms with van der Waals surface area (Å²) in [6, 6.07) is 25.1. The average molecular weight is 422 g/mol. The molecule has 1 aliphatic carbocycles. The van der Waals surface area contributed by atoms with E-state index in [4.69, 9.17) is 4.74 Å². The van der Waals surface area contributed by atoms with Gasteiger partial charge in [0.25, 0.3) is 0 Å². The highest BCUT2D eigenvalue weighted by atomic mass is 32.1. The minimum Gasteiger partial charge on any atom is -0.389 e. The van der Waals surface area contributed by atoms with Crippen LogP contribution < -0.4 is 5.32 Å². The van der Waals surface area contributed by atoms with E-state index in [-0.39, 0.29) is 6.10 Å². The van der Waals surface area contributed by atoms with E-state index in [9.17, 15) is 5.11 Å². The molecule has 0 bridgehead atoms. The van der Waals surface area contributed by atoms with E-state index in [0.29, 0.717) is 25.1 Å². The Balaban J connectivity index is 1.37. The van der Waals surface area contributed by atoms with Crippen LogP contribution >= 0.6 is 11.3 Å². The van der Waals surface area contributed by atoms with Gasteiger partial charge in [-0.1, -0.05) is 79.6 Å². The summed E-state index contributed by atoms with van der Waals surface area (Å²) in [5.41, 5.74) is 2.21. The van der Waals surface area contributed by atoms with Gasteiger partial charge in [0.2, 0.25) is 0 Å². The van der Waals surface area contributed by atoms with Crippen molar-refractivity contribution in [2.75, 3.05) is 13.2 Å². The summed E-state index contributed by atoms with van der Waals surface area (Å²) < 4.78 is 6.24. The number of ether oxygens (including phenoxy) is 1. The molecule has 1 aromatic heterocycles. The van der Waals surface area contributed by atoms with Crippen LogP contribution in [0.25, 0.3) is 0 Å². The van der Waals surface area contributed by atoms with Crippen molar-refractivity contribution in [2.45, 2.75) is 43.9 Å². The van der Waals surface area contributed by atoms with Crippen LogP contribution in [-0.4, -0.2) is 24.4 Å². The molecule has 0 amide bonds. The van der Waals surface area contributed by atoms with Crippen molar-refractivity contribution in [3.63, 3.8) is 0 Å². The topological polar surface area (TPSA) is 41.5 Å². The van der Waals surface area contributed by atoms with Crippen LogP contribution in [0.4, 0.5) is 0 Å². The predicted octanol–water partition coefficient (Wildman–Crippen LogP) is 5.74. The molecule has 4 rings (SSSR count). The van der Waals surface area contributed by atoms with Gasteiger partial charge < -0.3 is 15.2 Å². The van der Waals surface area contributed by atoms with Crippen LogP contribution in [0, 0.1) is 5.92 Å². The molecular weight excluding hydrogens is 390 g/mol. The molecule has 4 heteroatoms. The van der Waals surface area contributed by atoms with Crippen molar-refractivity contribution in [1.29, 1.82) is 0 Å². The number of aliphatic hydroxyl groups is 1. The lowest BCUT2D eigenvalue weighted by atomic mass is 9.96. The van der Waals surface area contributed by atoms with E-state index in [1.165, 1.54) is 30.6 Å². The Morgan fingerprint density at radius 1 is 0.900 bits per heavy atom. The molecule has 1 heterocycles. The fraction of sp³-hybridized carbons (Fsp3) is 0.385. The molecule has 30 heavy (non-hydrogen) atoms. The van der Waals surface area contributed by atoms with Gasteiger partial charge >= 0.3 is 0 Å². The van der Waals surface area contributed by atoms with Crippen LogP contribution in [-0.2, 0) is 4.74 Å². The molecule has 2 unspecified atom stereocenters. The van der Waals surface area contributed by atoms with Gasteiger partial charge in [-0.2, -0.15) is 0 Å². The largest absolute Gasteiger partial charge is 0.389 e. The van der Waals surface area contributed by atoms with Crippen molar-refractivity contribution in [2.24, 2.45) is 5.92 Å². The molecule has 1 aliphatic rings. The Kier molecular flexibility index (Phi) is 7.70. The lowest BCUT2D eigenvalue weighted by molar-refractivity contribution is 0.00493. The van der Waals surface area contributed by atoms with E-state index >= 15 is 0 Å². The first-order chi connectivity index (χ1) is 14.8. The standard InChI is InChI=1S/C26H31NO2S/c28-23(18-27-25(20-10-7-8-11-20)24-16-9-17-30-24)19-29-26(21-12-3-1-4-13-21)22-14-5-2-6-15-22/h1-6,9,12-17,20,23,25-28H,7-8,10-11,18-19H2. The summed E-state index contributed by atoms with van der Waals surface area (Å²) >= 11 is 1.81. The highest BCUT2D eigenvalue weighted by molar-refractivity contribution is 7.10. The van der Waals surface area contributed by atoms with Crippen molar-refractivity contribution >= 4 is 11.3 Å². The molecule has 1 fully saturated rings. The van der Waals surface area contributed by atoms with Crippen LogP contribution in [0.1, 0.15) is 53.8 Å². The first-order valence-electron chi connectivity index (χ1n) is 11.0. The fourth-order valence-corrected chi connectivity index (χ4v) is 5.32. The molecule has 0 aliphatic heterocycles. The number of hydrogen-bond donors (Lipinski definition) is 2. The number of thiophene rings is 1. The van der Waals surface area contributed by atoms with Crippen LogP contribution in [0.3, 0.4) is 0 Å². The van der Waals surface area contributed by atoms with E-state index in [1.807, 2.05) is 36.4 Å². The Bertz CT molecular complexity index is 808. The molecule has 2 aromatic carbocycles. The Labute approximate surface area is 183 Å². The van der Waals surface area contributed by atoms with Crippen molar-refractivity contribution in [1.82, 2.24) is 5.32 Å². The fourth-order valence-electron chi connectivity index (χ4n) is 4.43. The number of aliphatic hydroxyl groups excluding tert-OH is 1. The summed E-state index contributed by atoms with van der Waals surface area (Å²) in [4.78, 5) is 1.38. The highest BCUT2D eigenvalue weighted by Crippen LogP contribution is 2.37. The lowest BCUT2D eigenvalue weighted by Gasteiger charge is -2.26. The van der Waals surface area contributed by atoms with Gasteiger partial charge in [0, 0.05) is 17.5 Å². The quantitative estimate of drug-likeness (QED) is 0.439. The third kappa shape index (κ3) is 5.58. The van der Waals surface area contributed by atoms with Gasteiger partial charge in [0.05, 0.1) is 12.7 Å². The van der Waals surface area contributed by atoms with Crippen molar-refractivity contribution in [3.8, 4) is 0 Å². The maximum Gasteiger partial charge on any atom is 0.108 e. The Morgan fingerprint density at radius 2 is 1.53 bits per heavy atom. The molecule has 158 valence electrons. The van der Waals surface area contributed by atoms with E-state index in [2.05, 4.69) is 47.1 Å². The molecule has 0 spiro atoms. The minimum absolute atomic E-state index is 0.176. The zero-order valence-corrected chi connectivity index (χ0v) is 18.1. The smallest absolute Gasteiger partial charge is 0.108 e. The normalized spacial score (nSPS) is 16.7. The first kappa shape index (κ1) is 21.3. The van der Waals surface area contributed by atoms with Crippen LogP contribution in [0.5, 0.6) is 0 Å². The summed E-state index contributed by atoms with van der Waals surface area (Å²) in [5, 5.41) is 16.5. The van der Waals surface area contributed by atoms with E-state index in [0.717, 1.165) is 11.1 Å². The molecule has 0 radical (unpaired) electrons. The summed E-state index contributed by atoms with van der Waals surface area (Å²) in [6.45, 7) is 0.832.